The van der Waals surface area contributed by atoms with Crippen LogP contribution < -0.4 is 9.04 Å². The van der Waals surface area contributed by atoms with E-state index in [4.69, 9.17) is 9.47 Å². The van der Waals surface area contributed by atoms with Crippen molar-refractivity contribution in [1.82, 2.24) is 0 Å². The molecule has 1 N–H and O–H groups in total. The first kappa shape index (κ1) is 25.5. The maximum Gasteiger partial charge on any atom is 0.313 e. The Bertz CT molecular complexity index is 1070. The Hall–Kier alpha value is -3.16. The number of ether oxygens (including phenoxy) is 2. The number of carbonyl (C=O) groups excluding carboxylic acids is 1. The molecule has 0 aliphatic carbocycles. The summed E-state index contributed by atoms with van der Waals surface area (Å²) in [5.74, 6) is -0.0836. The maximum atomic E-state index is 12.6. The highest BCUT2D eigenvalue weighted by Gasteiger charge is 2.26. The lowest BCUT2D eigenvalue weighted by Crippen LogP contribution is -2.30. The van der Waals surface area contributed by atoms with Crippen LogP contribution in [0.2, 0.25) is 0 Å². The first-order valence-corrected chi connectivity index (χ1v) is 12.2. The highest BCUT2D eigenvalue weighted by atomic mass is 32.2. The molecule has 0 amide bonds. The molecule has 0 saturated heterocycles. The average Bonchev–Trinajstić information content (AvgIpc) is 2.87. The number of anilines is 1. The number of benzene rings is 3. The third-order valence-corrected chi connectivity index (χ3v) is 6.71. The summed E-state index contributed by atoms with van der Waals surface area (Å²) in [6.45, 7) is 2.28. The van der Waals surface area contributed by atoms with Crippen molar-refractivity contribution in [2.75, 3.05) is 25.1 Å². The number of nitrogens with zero attached hydrogens (tertiary/aromatic N) is 1. The lowest BCUT2D eigenvalue weighted by Gasteiger charge is -2.27. The van der Waals surface area contributed by atoms with Gasteiger partial charge in [0.05, 0.1) is 25.8 Å². The molecule has 3 atom stereocenters. The Kier molecular flexibility index (Phi) is 9.24. The smallest absolute Gasteiger partial charge is 0.313 e. The summed E-state index contributed by atoms with van der Waals surface area (Å²) in [5, 5.41) is 0. The fraction of sp³-hybridized carbons (Fsp3) is 0.296. The Morgan fingerprint density at radius 3 is 2.12 bits per heavy atom. The zero-order valence-electron chi connectivity index (χ0n) is 19.7. The molecule has 3 aromatic rings. The first-order valence-electron chi connectivity index (χ1n) is 11.1. The van der Waals surface area contributed by atoms with Gasteiger partial charge in [-0.1, -0.05) is 60.2 Å². The number of hydrogen-bond acceptors (Lipinski definition) is 4. The molecule has 0 aliphatic heterocycles. The average molecular weight is 482 g/mol. The number of aryl methyl sites for hydroxylation is 1. The predicted molar refractivity (Wildman–Crippen MR) is 135 cm³/mol. The molecule has 3 aromatic carbocycles. The number of rotatable bonds is 11. The molecule has 3 rings (SSSR count). The first-order chi connectivity index (χ1) is 16.4. The van der Waals surface area contributed by atoms with Gasteiger partial charge in [0, 0.05) is 12.5 Å². The van der Waals surface area contributed by atoms with Gasteiger partial charge in [-0.05, 0) is 55.2 Å². The molecule has 34 heavy (non-hydrogen) atoms. The van der Waals surface area contributed by atoms with Gasteiger partial charge in [0.2, 0.25) is 0 Å². The van der Waals surface area contributed by atoms with Gasteiger partial charge in [-0.15, -0.1) is 0 Å². The van der Waals surface area contributed by atoms with Gasteiger partial charge in [-0.3, -0.25) is 13.7 Å². The van der Waals surface area contributed by atoms with Crippen molar-refractivity contribution in [2.24, 2.45) is 0 Å². The van der Waals surface area contributed by atoms with E-state index in [1.165, 1.54) is 11.4 Å². The van der Waals surface area contributed by atoms with Crippen molar-refractivity contribution in [3.05, 3.63) is 95.6 Å². The van der Waals surface area contributed by atoms with E-state index in [1.54, 1.807) is 7.11 Å². The summed E-state index contributed by atoms with van der Waals surface area (Å²) in [4.78, 5) is 12.6. The van der Waals surface area contributed by atoms with E-state index in [-0.39, 0.29) is 11.9 Å². The summed E-state index contributed by atoms with van der Waals surface area (Å²) in [5.41, 5.74) is 3.63. The van der Waals surface area contributed by atoms with Crippen LogP contribution in [0.4, 0.5) is 5.69 Å². The predicted octanol–water partition coefficient (Wildman–Crippen LogP) is 5.47. The standard InChI is InChI=1S/C27H31NO5S/c1-20-9-14-24(15-10-20)28(34(30)31)19-23(21-11-16-25(32-2)17-12-21)13-18-26(27(29)33-3)22-7-5-4-6-8-22/h4-12,14-17,23,26H,13,18-19H2,1-3H3,(H,30,31). The van der Waals surface area contributed by atoms with Crippen LogP contribution in [0.3, 0.4) is 0 Å². The van der Waals surface area contributed by atoms with Gasteiger partial charge < -0.3 is 9.47 Å². The van der Waals surface area contributed by atoms with Crippen molar-refractivity contribution in [3.63, 3.8) is 0 Å². The second kappa shape index (κ2) is 12.3. The number of methoxy groups -OCH3 is 2. The lowest BCUT2D eigenvalue weighted by atomic mass is 9.87. The summed E-state index contributed by atoms with van der Waals surface area (Å²) < 4.78 is 34.3. The SMILES string of the molecule is COC(=O)C(CCC(CN(c1ccc(C)cc1)S(=O)O)c1ccc(OC)cc1)c1ccccc1. The summed E-state index contributed by atoms with van der Waals surface area (Å²) >= 11 is -2.20. The Labute approximate surface area is 203 Å². The van der Waals surface area contributed by atoms with Crippen LogP contribution in [-0.2, 0) is 20.8 Å². The minimum Gasteiger partial charge on any atom is -0.497 e. The van der Waals surface area contributed by atoms with Gasteiger partial charge >= 0.3 is 5.97 Å². The van der Waals surface area contributed by atoms with Gasteiger partial charge in [0.15, 0.2) is 0 Å². The molecule has 7 heteroatoms. The second-order valence-electron chi connectivity index (χ2n) is 8.16. The molecule has 180 valence electrons. The molecule has 0 radical (unpaired) electrons. The molecule has 0 bridgehead atoms. The minimum absolute atomic E-state index is 0.112. The van der Waals surface area contributed by atoms with Crippen molar-refractivity contribution in [2.45, 2.75) is 31.6 Å². The van der Waals surface area contributed by atoms with Crippen LogP contribution in [0.1, 0.15) is 41.4 Å². The van der Waals surface area contributed by atoms with Crippen LogP contribution >= 0.6 is 0 Å². The summed E-state index contributed by atoms with van der Waals surface area (Å²) in [6, 6.07) is 24.8. The molecular formula is C27H31NO5S. The van der Waals surface area contributed by atoms with Crippen molar-refractivity contribution in [1.29, 1.82) is 0 Å². The molecule has 0 saturated carbocycles. The highest BCUT2D eigenvalue weighted by molar-refractivity contribution is 7.80. The molecule has 0 aliphatic rings. The Morgan fingerprint density at radius 1 is 0.912 bits per heavy atom. The minimum atomic E-state index is -2.20. The summed E-state index contributed by atoms with van der Waals surface area (Å²) in [6.07, 6.45) is 1.15. The largest absolute Gasteiger partial charge is 0.497 e. The number of carbonyl (C=O) groups is 1. The van der Waals surface area contributed by atoms with Crippen LogP contribution in [0.25, 0.3) is 0 Å². The molecule has 0 heterocycles. The lowest BCUT2D eigenvalue weighted by molar-refractivity contribution is -0.142. The fourth-order valence-electron chi connectivity index (χ4n) is 4.03. The highest BCUT2D eigenvalue weighted by Crippen LogP contribution is 2.32. The van der Waals surface area contributed by atoms with E-state index in [0.717, 1.165) is 22.4 Å². The molecule has 6 nitrogen and oxygen atoms in total. The van der Waals surface area contributed by atoms with Gasteiger partial charge in [-0.2, -0.15) is 0 Å². The number of esters is 1. The normalized spacial score (nSPS) is 13.5. The van der Waals surface area contributed by atoms with Gasteiger partial charge in [-0.25, -0.2) is 4.21 Å². The summed E-state index contributed by atoms with van der Waals surface area (Å²) in [7, 11) is 3.01. The van der Waals surface area contributed by atoms with Gasteiger partial charge in [0.1, 0.15) is 5.75 Å². The van der Waals surface area contributed by atoms with Crippen molar-refractivity contribution < 1.29 is 23.0 Å². The Morgan fingerprint density at radius 2 is 1.56 bits per heavy atom. The monoisotopic (exact) mass is 481 g/mol. The van der Waals surface area contributed by atoms with E-state index in [9.17, 15) is 13.6 Å². The maximum absolute atomic E-state index is 12.6. The van der Waals surface area contributed by atoms with E-state index >= 15 is 0 Å². The van der Waals surface area contributed by atoms with E-state index < -0.39 is 17.2 Å². The molecular weight excluding hydrogens is 450 g/mol. The zero-order valence-corrected chi connectivity index (χ0v) is 20.5. The fourth-order valence-corrected chi connectivity index (χ4v) is 4.64. The van der Waals surface area contributed by atoms with Crippen LogP contribution in [0.15, 0.2) is 78.9 Å². The molecule has 0 spiro atoms. The van der Waals surface area contributed by atoms with Crippen LogP contribution in [0, 0.1) is 6.92 Å². The third kappa shape index (κ3) is 6.68. The molecule has 0 fully saturated rings. The van der Waals surface area contributed by atoms with Crippen molar-refractivity contribution in [3.8, 4) is 5.75 Å². The number of hydrogen-bond donors (Lipinski definition) is 1. The van der Waals surface area contributed by atoms with Crippen LogP contribution in [0.5, 0.6) is 5.75 Å². The zero-order chi connectivity index (χ0) is 24.5. The Balaban J connectivity index is 1.90. The van der Waals surface area contributed by atoms with Crippen molar-refractivity contribution >= 4 is 22.9 Å². The van der Waals surface area contributed by atoms with Gasteiger partial charge in [0.25, 0.3) is 11.3 Å². The van der Waals surface area contributed by atoms with E-state index in [1.807, 2.05) is 85.8 Å². The van der Waals surface area contributed by atoms with E-state index in [0.29, 0.717) is 25.1 Å². The topological polar surface area (TPSA) is 76.1 Å². The quantitative estimate of drug-likeness (QED) is 0.290. The molecule has 3 unspecified atom stereocenters. The second-order valence-corrected chi connectivity index (χ2v) is 9.06. The third-order valence-electron chi connectivity index (χ3n) is 5.98. The molecule has 0 aromatic heterocycles. The van der Waals surface area contributed by atoms with Crippen LogP contribution in [-0.4, -0.2) is 35.5 Å². The van der Waals surface area contributed by atoms with E-state index in [2.05, 4.69) is 0 Å².